The first-order valence-corrected chi connectivity index (χ1v) is 20.3. The van der Waals surface area contributed by atoms with Crippen molar-refractivity contribution in [3.63, 3.8) is 0 Å². The Hall–Kier alpha value is -2.91. The average Bonchev–Trinajstić information content (AvgIpc) is 3.44. The van der Waals surface area contributed by atoms with Gasteiger partial charge in [-0.1, -0.05) is 59.1 Å². The third kappa shape index (κ3) is 8.25. The zero-order valence-corrected chi connectivity index (χ0v) is 32.3. The van der Waals surface area contributed by atoms with Crippen LogP contribution in [0.15, 0.2) is 70.6 Å². The number of sulfonamides is 2. The molecule has 1 saturated heterocycles. The summed E-state index contributed by atoms with van der Waals surface area (Å²) >= 11 is 19.2. The third-order valence-electron chi connectivity index (χ3n) is 8.27. The van der Waals surface area contributed by atoms with Crippen molar-refractivity contribution in [1.82, 2.24) is 18.8 Å². The predicted molar refractivity (Wildman–Crippen MR) is 197 cm³/mol. The second-order valence-corrected chi connectivity index (χ2v) is 18.1. The van der Waals surface area contributed by atoms with E-state index in [1.807, 2.05) is 24.3 Å². The van der Waals surface area contributed by atoms with E-state index in [0.717, 1.165) is 5.56 Å². The number of hydrogen-bond donors (Lipinski definition) is 1. The van der Waals surface area contributed by atoms with Crippen LogP contribution in [0.5, 0.6) is 5.75 Å². The standard InChI is InChI=1S/C34H40Cl3N5O6S2/c1-6-48-28-21-27(37)29(50(46,47)39-34(3,4)5)20-26(28)32-38-30(22-8-12-24(35)13-9-22)31(23-10-14-25(36)15-11-23)42(32)33(43)40-16-18-41(19-17-40)49(44,45)7-2/h8-15,20-21,30-31,39H,6-7,16-19H2,1-5H3/t30-,31+/m0/s1. The van der Waals surface area contributed by atoms with Crippen molar-refractivity contribution in [3.8, 4) is 5.75 Å². The number of carbonyl (C=O) groups excluding carboxylic acids is 1. The van der Waals surface area contributed by atoms with Crippen molar-refractivity contribution in [2.45, 2.75) is 57.1 Å². The van der Waals surface area contributed by atoms with E-state index in [1.54, 1.807) is 63.8 Å². The summed E-state index contributed by atoms with van der Waals surface area (Å²) in [6.45, 7) is 9.24. The number of nitrogens with zero attached hydrogens (tertiary/aromatic N) is 4. The summed E-state index contributed by atoms with van der Waals surface area (Å²) < 4.78 is 62.7. The molecule has 2 heterocycles. The van der Waals surface area contributed by atoms with Crippen molar-refractivity contribution in [3.05, 3.63) is 92.4 Å². The molecule has 2 aliphatic heterocycles. The Morgan fingerprint density at radius 2 is 1.44 bits per heavy atom. The second-order valence-electron chi connectivity index (χ2n) is 13.0. The molecule has 0 aliphatic carbocycles. The fourth-order valence-corrected chi connectivity index (χ4v) is 9.30. The van der Waals surface area contributed by atoms with Crippen LogP contribution in [0.3, 0.4) is 0 Å². The van der Waals surface area contributed by atoms with Crippen molar-refractivity contribution in [2.75, 3.05) is 38.5 Å². The number of rotatable bonds is 9. The summed E-state index contributed by atoms with van der Waals surface area (Å²) in [7, 11) is -7.61. The quantitative estimate of drug-likeness (QED) is 0.256. The minimum absolute atomic E-state index is 0.0443. The molecule has 5 rings (SSSR count). The lowest BCUT2D eigenvalue weighted by atomic mass is 9.93. The van der Waals surface area contributed by atoms with E-state index >= 15 is 0 Å². The zero-order chi connectivity index (χ0) is 36.6. The number of amidine groups is 1. The number of piperazine rings is 1. The van der Waals surface area contributed by atoms with Crippen molar-refractivity contribution >= 4 is 66.7 Å². The highest BCUT2D eigenvalue weighted by molar-refractivity contribution is 7.89. The topological polar surface area (TPSA) is 129 Å². The highest BCUT2D eigenvalue weighted by atomic mass is 35.5. The van der Waals surface area contributed by atoms with Gasteiger partial charge in [0, 0.05) is 47.8 Å². The molecule has 11 nitrogen and oxygen atoms in total. The van der Waals surface area contributed by atoms with Gasteiger partial charge in [0.2, 0.25) is 20.0 Å². The Bertz CT molecular complexity index is 1980. The van der Waals surface area contributed by atoms with E-state index in [-0.39, 0.29) is 65.6 Å². The molecule has 16 heteroatoms. The van der Waals surface area contributed by atoms with Crippen LogP contribution in [0.2, 0.25) is 15.1 Å². The van der Waals surface area contributed by atoms with Crippen LogP contribution < -0.4 is 9.46 Å². The number of urea groups is 1. The molecule has 2 aliphatic rings. The number of benzene rings is 3. The Morgan fingerprint density at radius 1 is 0.880 bits per heavy atom. The fraction of sp³-hybridized carbons (Fsp3) is 0.412. The summed E-state index contributed by atoms with van der Waals surface area (Å²) in [5.74, 6) is 0.345. The highest BCUT2D eigenvalue weighted by Crippen LogP contribution is 2.46. The molecule has 270 valence electrons. The van der Waals surface area contributed by atoms with E-state index in [0.29, 0.717) is 15.6 Å². The van der Waals surface area contributed by atoms with Gasteiger partial charge in [-0.05, 0) is 76.1 Å². The van der Waals surface area contributed by atoms with Gasteiger partial charge in [0.15, 0.2) is 0 Å². The van der Waals surface area contributed by atoms with Crippen molar-refractivity contribution in [1.29, 1.82) is 0 Å². The Balaban J connectivity index is 1.72. The average molecular weight is 785 g/mol. The van der Waals surface area contributed by atoms with Gasteiger partial charge >= 0.3 is 6.03 Å². The monoisotopic (exact) mass is 783 g/mol. The predicted octanol–water partition coefficient (Wildman–Crippen LogP) is 6.75. The van der Waals surface area contributed by atoms with E-state index in [1.165, 1.54) is 21.3 Å². The van der Waals surface area contributed by atoms with Crippen LogP contribution in [0, 0.1) is 0 Å². The number of nitrogens with one attached hydrogen (secondary N) is 1. The number of hydrogen-bond acceptors (Lipinski definition) is 7. The lowest BCUT2D eigenvalue weighted by molar-refractivity contribution is 0.143. The molecular weight excluding hydrogens is 745 g/mol. The van der Waals surface area contributed by atoms with Crippen LogP contribution in [0.4, 0.5) is 4.79 Å². The molecule has 3 aromatic carbocycles. The summed E-state index contributed by atoms with van der Waals surface area (Å²) in [4.78, 5) is 22.9. The minimum Gasteiger partial charge on any atom is -0.493 e. The van der Waals surface area contributed by atoms with Gasteiger partial charge in [-0.3, -0.25) is 9.89 Å². The normalized spacial score (nSPS) is 19.1. The van der Waals surface area contributed by atoms with Crippen LogP contribution in [0.1, 0.15) is 63.4 Å². The van der Waals surface area contributed by atoms with Gasteiger partial charge in [-0.15, -0.1) is 0 Å². The van der Waals surface area contributed by atoms with Crippen molar-refractivity contribution < 1.29 is 26.4 Å². The number of carbonyl (C=O) groups is 1. The van der Waals surface area contributed by atoms with Crippen LogP contribution >= 0.6 is 34.8 Å². The van der Waals surface area contributed by atoms with E-state index in [2.05, 4.69) is 4.72 Å². The van der Waals surface area contributed by atoms with E-state index in [4.69, 9.17) is 44.5 Å². The molecule has 2 atom stereocenters. The van der Waals surface area contributed by atoms with E-state index in [9.17, 15) is 21.6 Å². The maximum Gasteiger partial charge on any atom is 0.326 e. The molecule has 3 aromatic rings. The van der Waals surface area contributed by atoms with Crippen molar-refractivity contribution in [2.24, 2.45) is 4.99 Å². The second kappa shape index (κ2) is 15.0. The highest BCUT2D eigenvalue weighted by Gasteiger charge is 2.46. The van der Waals surface area contributed by atoms with Crippen LogP contribution in [0.25, 0.3) is 0 Å². The molecule has 2 amide bonds. The van der Waals surface area contributed by atoms with Crippen LogP contribution in [-0.2, 0) is 20.0 Å². The maximum atomic E-state index is 14.9. The molecular formula is C34H40Cl3N5O6S2. The number of aliphatic imine (C=N–C) groups is 1. The molecule has 0 saturated carbocycles. The summed E-state index contributed by atoms with van der Waals surface area (Å²) in [6, 6.07) is 15.2. The maximum absolute atomic E-state index is 14.9. The molecule has 0 unspecified atom stereocenters. The number of amides is 2. The summed E-state index contributed by atoms with van der Waals surface area (Å²) in [5.41, 5.74) is 0.875. The van der Waals surface area contributed by atoms with Gasteiger partial charge in [0.25, 0.3) is 0 Å². The lowest BCUT2D eigenvalue weighted by Crippen LogP contribution is -2.55. The van der Waals surface area contributed by atoms with Gasteiger partial charge in [-0.25, -0.2) is 26.4 Å². The molecule has 1 N–H and O–H groups in total. The first-order valence-electron chi connectivity index (χ1n) is 16.1. The number of ether oxygens (including phenoxy) is 1. The minimum atomic E-state index is -4.15. The Morgan fingerprint density at radius 3 is 1.96 bits per heavy atom. The third-order valence-corrected chi connectivity index (χ3v) is 12.9. The SMILES string of the molecule is CCOc1cc(Cl)c(S(=O)(=O)NC(C)(C)C)cc1C1=N[C@@H](c2ccc(Cl)cc2)[C@@H](c2ccc(Cl)cc2)N1C(=O)N1CCN(S(=O)(=O)CC)CC1. The Kier molecular flexibility index (Phi) is 11.5. The molecule has 0 radical (unpaired) electrons. The van der Waals surface area contributed by atoms with Gasteiger partial charge in [-0.2, -0.15) is 4.31 Å². The van der Waals surface area contributed by atoms with Gasteiger partial charge < -0.3 is 9.64 Å². The first kappa shape index (κ1) is 38.3. The molecule has 0 spiro atoms. The van der Waals surface area contributed by atoms with Gasteiger partial charge in [0.1, 0.15) is 22.5 Å². The molecule has 50 heavy (non-hydrogen) atoms. The van der Waals surface area contributed by atoms with Crippen LogP contribution in [-0.4, -0.2) is 86.9 Å². The number of halogens is 3. The summed E-state index contributed by atoms with van der Waals surface area (Å²) in [6.07, 6.45) is 0. The Labute approximate surface area is 309 Å². The lowest BCUT2D eigenvalue weighted by Gasteiger charge is -2.38. The van der Waals surface area contributed by atoms with Gasteiger partial charge in [0.05, 0.1) is 29.0 Å². The first-order chi connectivity index (χ1) is 23.5. The summed E-state index contributed by atoms with van der Waals surface area (Å²) in [5, 5.41) is 0.950. The smallest absolute Gasteiger partial charge is 0.326 e. The fourth-order valence-electron chi connectivity index (χ4n) is 6.00. The molecule has 0 bridgehead atoms. The largest absolute Gasteiger partial charge is 0.493 e. The zero-order valence-electron chi connectivity index (χ0n) is 28.4. The van der Waals surface area contributed by atoms with E-state index < -0.39 is 43.7 Å². The molecule has 0 aromatic heterocycles. The molecule has 1 fully saturated rings.